The van der Waals surface area contributed by atoms with Crippen molar-refractivity contribution >= 4 is 25.7 Å². The maximum absolute atomic E-state index is 12.6. The second kappa shape index (κ2) is 38.2. The van der Waals surface area contributed by atoms with Crippen LogP contribution in [-0.2, 0) is 37.5 Å². The number of carbonyl (C=O) groups excluding carboxylic acids is 2. The smallest absolute Gasteiger partial charge is 0.472 e. The molecule has 0 aliphatic carbocycles. The summed E-state index contributed by atoms with van der Waals surface area (Å²) in [5, 5.41) is 18.4. The number of unbranched alkanes of at least 4 members (excludes halogenated alkanes) is 6. The van der Waals surface area contributed by atoms with Crippen LogP contribution in [-0.4, -0.2) is 71.1 Å². The van der Waals surface area contributed by atoms with E-state index in [0.29, 0.717) is 19.3 Å². The zero-order chi connectivity index (χ0) is 42.2. The van der Waals surface area contributed by atoms with E-state index in [9.17, 15) is 28.9 Å². The van der Waals surface area contributed by atoms with Crippen LogP contribution < -0.4 is 5.73 Å². The van der Waals surface area contributed by atoms with Gasteiger partial charge in [0.05, 0.1) is 19.3 Å². The van der Waals surface area contributed by atoms with Crippen molar-refractivity contribution in [2.45, 2.75) is 154 Å². The van der Waals surface area contributed by atoms with Gasteiger partial charge in [0.25, 0.3) is 0 Å². The van der Waals surface area contributed by atoms with Crippen LogP contribution in [0.5, 0.6) is 0 Å². The Balaban J connectivity index is 4.54. The second-order valence-electron chi connectivity index (χ2n) is 13.5. The largest absolute Gasteiger partial charge is 0.480 e. The minimum absolute atomic E-state index is 0.118. The molecule has 0 bridgehead atoms. The molecule has 0 saturated heterocycles. The number of rotatable bonds is 37. The third-order valence-electron chi connectivity index (χ3n) is 8.29. The molecule has 324 valence electrons. The number of carbonyl (C=O) groups is 3. The maximum Gasteiger partial charge on any atom is 0.472 e. The van der Waals surface area contributed by atoms with Crippen LogP contribution in [0.2, 0.25) is 0 Å². The number of aliphatic hydroxyl groups excluding tert-OH is 1. The minimum atomic E-state index is -4.74. The van der Waals surface area contributed by atoms with E-state index in [1.54, 1.807) is 0 Å². The fourth-order valence-electron chi connectivity index (χ4n) is 4.87. The summed E-state index contributed by atoms with van der Waals surface area (Å²) in [6.45, 7) is 2.30. The van der Waals surface area contributed by atoms with Crippen LogP contribution >= 0.6 is 7.82 Å². The molecule has 0 heterocycles. The van der Waals surface area contributed by atoms with Crippen molar-refractivity contribution in [1.29, 1.82) is 0 Å². The van der Waals surface area contributed by atoms with Gasteiger partial charge in [0.15, 0.2) is 6.10 Å². The first-order valence-corrected chi connectivity index (χ1v) is 22.2. The highest BCUT2D eigenvalue weighted by molar-refractivity contribution is 7.47. The van der Waals surface area contributed by atoms with Crippen LogP contribution in [0.3, 0.4) is 0 Å². The minimum Gasteiger partial charge on any atom is -0.480 e. The van der Waals surface area contributed by atoms with Crippen molar-refractivity contribution in [1.82, 2.24) is 0 Å². The molecule has 0 aromatic carbocycles. The van der Waals surface area contributed by atoms with E-state index < -0.39 is 57.7 Å². The van der Waals surface area contributed by atoms with Gasteiger partial charge in [0, 0.05) is 12.8 Å². The number of hydrogen-bond donors (Lipinski definition) is 4. The van der Waals surface area contributed by atoms with Crippen molar-refractivity contribution in [3.63, 3.8) is 0 Å². The highest BCUT2D eigenvalue weighted by Gasteiger charge is 2.28. The molecule has 0 aromatic rings. The lowest BCUT2D eigenvalue weighted by atomic mass is 10.1. The molecule has 0 saturated carbocycles. The van der Waals surface area contributed by atoms with Crippen LogP contribution in [0.4, 0.5) is 0 Å². The first-order valence-electron chi connectivity index (χ1n) is 20.7. The van der Waals surface area contributed by atoms with E-state index in [1.807, 2.05) is 19.1 Å². The first kappa shape index (κ1) is 53.6. The number of allylic oxidation sites excluding steroid dienone is 14. The summed E-state index contributed by atoms with van der Waals surface area (Å²) < 4.78 is 32.5. The van der Waals surface area contributed by atoms with E-state index in [0.717, 1.165) is 89.9 Å². The number of hydrogen-bond acceptors (Lipinski definition) is 10. The van der Waals surface area contributed by atoms with E-state index in [4.69, 9.17) is 24.8 Å². The molecule has 0 aliphatic rings. The molecule has 0 spiro atoms. The Morgan fingerprint density at radius 2 is 1.09 bits per heavy atom. The van der Waals surface area contributed by atoms with Gasteiger partial charge in [-0.15, -0.1) is 0 Å². The van der Waals surface area contributed by atoms with Gasteiger partial charge in [0.2, 0.25) is 0 Å². The SMILES string of the molecule is CC/C=C\C/C=C\C/C=C\CCCCCCCC(=O)O[C@H](COC(=O)CCC/C=C\C/C=C\C/C=C\C/C=C\CC[C@@H](O)CC)COP(=O)(O)OC[C@H](N)C(=O)O. The molecule has 57 heavy (non-hydrogen) atoms. The number of aliphatic carboxylic acids is 1. The quantitative estimate of drug-likeness (QED) is 0.0201. The number of aliphatic hydroxyl groups is 1. The van der Waals surface area contributed by atoms with Gasteiger partial charge >= 0.3 is 25.7 Å². The Morgan fingerprint density at radius 1 is 0.614 bits per heavy atom. The molecule has 5 N–H and O–H groups in total. The standard InChI is InChI=1S/C44H72NO11P/c1-3-5-6-7-8-9-10-11-12-17-20-23-26-29-32-35-43(48)56-40(37-54-57(51,52)55-38-41(45)44(49)50)36-53-42(47)34-31-28-25-22-19-16-14-13-15-18-21-24-27-30-33-39(46)4-2/h5-6,8-9,11-12,14-16,18,22,24-25,27,39-41,46H,3-4,7,10,13,17,19-21,23,26,28-38,45H2,1-2H3,(H,49,50)(H,51,52)/b6-5-,9-8-,12-11-,16-14-,18-15-,25-22-,27-24-/t39-,40+,41-/m0/s1. The van der Waals surface area contributed by atoms with Crippen LogP contribution in [0, 0.1) is 0 Å². The molecule has 0 amide bonds. The molecule has 0 fully saturated rings. The van der Waals surface area contributed by atoms with Crippen LogP contribution in [0.1, 0.15) is 136 Å². The van der Waals surface area contributed by atoms with Crippen molar-refractivity contribution in [2.75, 3.05) is 19.8 Å². The Bertz CT molecular complexity index is 1300. The summed E-state index contributed by atoms with van der Waals surface area (Å²) in [5.74, 6) is -2.51. The highest BCUT2D eigenvalue weighted by Crippen LogP contribution is 2.43. The number of carboxylic acid groups (broad SMARTS) is 1. The average molecular weight is 822 g/mol. The van der Waals surface area contributed by atoms with Crippen LogP contribution in [0.25, 0.3) is 0 Å². The Labute approximate surface area is 342 Å². The third-order valence-corrected chi connectivity index (χ3v) is 9.24. The lowest BCUT2D eigenvalue weighted by molar-refractivity contribution is -0.161. The van der Waals surface area contributed by atoms with Gasteiger partial charge in [-0.1, -0.05) is 118 Å². The molecular formula is C44H72NO11P. The van der Waals surface area contributed by atoms with E-state index >= 15 is 0 Å². The molecule has 0 radical (unpaired) electrons. The molecule has 0 aromatic heterocycles. The first-order chi connectivity index (χ1) is 27.5. The Morgan fingerprint density at radius 3 is 1.65 bits per heavy atom. The number of nitrogens with two attached hydrogens (primary N) is 1. The number of esters is 2. The van der Waals surface area contributed by atoms with Gasteiger partial charge in [-0.2, -0.15) is 0 Å². The monoisotopic (exact) mass is 821 g/mol. The van der Waals surface area contributed by atoms with Gasteiger partial charge in [-0.3, -0.25) is 23.4 Å². The summed E-state index contributed by atoms with van der Waals surface area (Å²) in [6, 6.07) is -1.54. The number of phosphoric ester groups is 1. The van der Waals surface area contributed by atoms with Gasteiger partial charge < -0.3 is 30.3 Å². The number of ether oxygens (including phenoxy) is 2. The van der Waals surface area contributed by atoms with Crippen molar-refractivity contribution in [2.24, 2.45) is 5.73 Å². The lowest BCUT2D eigenvalue weighted by Gasteiger charge is -2.20. The summed E-state index contributed by atoms with van der Waals surface area (Å²) in [6.07, 6.45) is 43.1. The van der Waals surface area contributed by atoms with E-state index in [1.165, 1.54) is 0 Å². The van der Waals surface area contributed by atoms with Crippen molar-refractivity contribution in [3.05, 3.63) is 85.1 Å². The molecule has 4 atom stereocenters. The zero-order valence-electron chi connectivity index (χ0n) is 34.5. The molecule has 0 rings (SSSR count). The van der Waals surface area contributed by atoms with E-state index in [-0.39, 0.29) is 18.9 Å². The molecule has 1 unspecified atom stereocenters. The van der Waals surface area contributed by atoms with Crippen LogP contribution in [0.15, 0.2) is 85.1 Å². The predicted molar refractivity (Wildman–Crippen MR) is 227 cm³/mol. The van der Waals surface area contributed by atoms with Gasteiger partial charge in [-0.25, -0.2) is 4.57 Å². The van der Waals surface area contributed by atoms with Crippen molar-refractivity contribution < 1.29 is 52.6 Å². The van der Waals surface area contributed by atoms with Crippen molar-refractivity contribution in [3.8, 4) is 0 Å². The zero-order valence-corrected chi connectivity index (χ0v) is 35.4. The molecule has 12 nitrogen and oxygen atoms in total. The summed E-state index contributed by atoms with van der Waals surface area (Å²) in [4.78, 5) is 45.9. The summed E-state index contributed by atoms with van der Waals surface area (Å²) in [5.41, 5.74) is 5.32. The van der Waals surface area contributed by atoms with Gasteiger partial charge in [-0.05, 0) is 89.9 Å². The normalized spacial score (nSPS) is 15.2. The summed E-state index contributed by atoms with van der Waals surface area (Å²) in [7, 11) is -4.74. The lowest BCUT2D eigenvalue weighted by Crippen LogP contribution is -2.34. The fraction of sp³-hybridized carbons (Fsp3) is 0.614. The Hall–Kier alpha value is -3.38. The fourth-order valence-corrected chi connectivity index (χ4v) is 5.65. The molecule has 13 heteroatoms. The molecular weight excluding hydrogens is 749 g/mol. The third kappa shape index (κ3) is 37.9. The highest BCUT2D eigenvalue weighted by atomic mass is 31.2. The van der Waals surface area contributed by atoms with E-state index in [2.05, 4.69) is 84.4 Å². The molecule has 0 aliphatic heterocycles. The maximum atomic E-state index is 12.6. The summed E-state index contributed by atoms with van der Waals surface area (Å²) >= 11 is 0. The van der Waals surface area contributed by atoms with Gasteiger partial charge in [0.1, 0.15) is 12.6 Å². The topological polar surface area (TPSA) is 192 Å². The predicted octanol–water partition coefficient (Wildman–Crippen LogP) is 9.69. The Kier molecular flexibility index (Phi) is 35.9. The number of carboxylic acids is 1. The second-order valence-corrected chi connectivity index (χ2v) is 15.0. The number of phosphoric acid groups is 1. The average Bonchev–Trinajstić information content (AvgIpc) is 3.19.